The number of hydrogen-bond acceptors (Lipinski definition) is 4. The Morgan fingerprint density at radius 2 is 1.88 bits per heavy atom. The molecule has 26 heavy (non-hydrogen) atoms. The molecule has 0 bridgehead atoms. The zero-order chi connectivity index (χ0) is 17.5. The van der Waals surface area contributed by atoms with Gasteiger partial charge in [0.15, 0.2) is 5.65 Å². The van der Waals surface area contributed by atoms with Gasteiger partial charge in [-0.3, -0.25) is 9.38 Å². The minimum atomic E-state index is 0.450. The van der Waals surface area contributed by atoms with Crippen molar-refractivity contribution in [3.8, 4) is 0 Å². The van der Waals surface area contributed by atoms with Crippen molar-refractivity contribution in [2.24, 2.45) is 0 Å². The molecule has 4 aromatic rings. The topological polar surface area (TPSA) is 46.3 Å². The number of aromatic nitrogens is 4. The highest BCUT2D eigenvalue weighted by molar-refractivity contribution is 9.10. The molecule has 130 valence electrons. The number of pyridine rings is 2. The minimum absolute atomic E-state index is 0.450. The van der Waals surface area contributed by atoms with Gasteiger partial charge in [-0.05, 0) is 49.2 Å². The molecule has 6 heteroatoms. The first kappa shape index (κ1) is 15.8. The molecule has 5 nitrogen and oxygen atoms in total. The first-order valence-electron chi connectivity index (χ1n) is 8.88. The highest BCUT2D eigenvalue weighted by Gasteiger charge is 2.25. The minimum Gasteiger partial charge on any atom is -0.371 e. The molecule has 0 atom stereocenters. The Hall–Kier alpha value is -2.47. The Labute approximate surface area is 159 Å². The highest BCUT2D eigenvalue weighted by Crippen LogP contribution is 2.33. The van der Waals surface area contributed by atoms with E-state index in [4.69, 9.17) is 0 Å². The van der Waals surface area contributed by atoms with Crippen LogP contribution in [0.4, 0.5) is 5.69 Å². The van der Waals surface area contributed by atoms with Gasteiger partial charge in [0.2, 0.25) is 0 Å². The average molecular weight is 408 g/mol. The monoisotopic (exact) mass is 407 g/mol. The molecule has 1 saturated heterocycles. The molecule has 1 aromatic carbocycles. The molecule has 1 aliphatic rings. The van der Waals surface area contributed by atoms with Gasteiger partial charge in [0, 0.05) is 46.9 Å². The van der Waals surface area contributed by atoms with E-state index in [1.165, 1.54) is 11.1 Å². The van der Waals surface area contributed by atoms with E-state index in [1.807, 2.05) is 24.4 Å². The summed E-state index contributed by atoms with van der Waals surface area (Å²) < 4.78 is 3.19. The maximum atomic E-state index is 4.51. The van der Waals surface area contributed by atoms with Gasteiger partial charge in [0.1, 0.15) is 5.82 Å². The van der Waals surface area contributed by atoms with Crippen molar-refractivity contribution in [2.75, 3.05) is 18.0 Å². The van der Waals surface area contributed by atoms with Crippen LogP contribution in [0.3, 0.4) is 0 Å². The van der Waals surface area contributed by atoms with Gasteiger partial charge in [-0.1, -0.05) is 22.0 Å². The smallest absolute Gasteiger partial charge is 0.160 e. The van der Waals surface area contributed by atoms with Gasteiger partial charge in [-0.15, -0.1) is 10.2 Å². The predicted molar refractivity (Wildman–Crippen MR) is 107 cm³/mol. The van der Waals surface area contributed by atoms with Crippen molar-refractivity contribution in [3.05, 3.63) is 65.2 Å². The van der Waals surface area contributed by atoms with Crippen molar-refractivity contribution in [1.82, 2.24) is 19.6 Å². The van der Waals surface area contributed by atoms with E-state index in [1.54, 1.807) is 0 Å². The normalized spacial score (nSPS) is 15.8. The summed E-state index contributed by atoms with van der Waals surface area (Å²) >= 11 is 3.53. The highest BCUT2D eigenvalue weighted by atomic mass is 79.9. The van der Waals surface area contributed by atoms with E-state index in [9.17, 15) is 0 Å². The Morgan fingerprint density at radius 1 is 1.00 bits per heavy atom. The Kier molecular flexibility index (Phi) is 3.85. The third kappa shape index (κ3) is 2.65. The fourth-order valence-electron chi connectivity index (χ4n) is 3.90. The molecule has 0 N–H and O–H groups in total. The maximum absolute atomic E-state index is 4.51. The lowest BCUT2D eigenvalue weighted by molar-refractivity contribution is 0.483. The third-order valence-electron chi connectivity index (χ3n) is 5.22. The van der Waals surface area contributed by atoms with Crippen LogP contribution in [-0.4, -0.2) is 32.7 Å². The lowest BCUT2D eigenvalue weighted by Gasteiger charge is -2.33. The van der Waals surface area contributed by atoms with Crippen LogP contribution in [-0.2, 0) is 0 Å². The van der Waals surface area contributed by atoms with Crippen LogP contribution >= 0.6 is 15.9 Å². The number of piperidine rings is 1. The summed E-state index contributed by atoms with van der Waals surface area (Å²) in [6.07, 6.45) is 6.12. The lowest BCUT2D eigenvalue weighted by Crippen LogP contribution is -2.33. The van der Waals surface area contributed by atoms with Crippen LogP contribution in [0.5, 0.6) is 0 Å². The molecule has 5 rings (SSSR count). The fourth-order valence-corrected chi connectivity index (χ4v) is 4.25. The Bertz CT molecular complexity index is 1080. The second-order valence-electron chi connectivity index (χ2n) is 6.74. The molecule has 3 aromatic heterocycles. The molecule has 1 fully saturated rings. The van der Waals surface area contributed by atoms with Gasteiger partial charge in [-0.2, -0.15) is 0 Å². The SMILES string of the molecule is Brc1ccc2c(N3CCC(c4nnc5ccccn45)CC3)ccnc2c1. The van der Waals surface area contributed by atoms with Crippen molar-refractivity contribution < 1.29 is 0 Å². The van der Waals surface area contributed by atoms with Gasteiger partial charge >= 0.3 is 0 Å². The van der Waals surface area contributed by atoms with E-state index in [-0.39, 0.29) is 0 Å². The lowest BCUT2D eigenvalue weighted by atomic mass is 9.95. The van der Waals surface area contributed by atoms with Crippen LogP contribution in [0.1, 0.15) is 24.6 Å². The van der Waals surface area contributed by atoms with Crippen molar-refractivity contribution in [1.29, 1.82) is 0 Å². The molecule has 0 amide bonds. The zero-order valence-electron chi connectivity index (χ0n) is 14.2. The zero-order valence-corrected chi connectivity index (χ0v) is 15.8. The molecular formula is C20H18BrN5. The van der Waals surface area contributed by atoms with Crippen LogP contribution in [0.15, 0.2) is 59.3 Å². The Balaban J connectivity index is 1.41. The fraction of sp³-hybridized carbons (Fsp3) is 0.250. The van der Waals surface area contributed by atoms with Crippen molar-refractivity contribution in [2.45, 2.75) is 18.8 Å². The van der Waals surface area contributed by atoms with Crippen molar-refractivity contribution >= 4 is 38.2 Å². The van der Waals surface area contributed by atoms with Crippen LogP contribution in [0, 0.1) is 0 Å². The number of rotatable bonds is 2. The molecule has 1 aliphatic heterocycles. The van der Waals surface area contributed by atoms with E-state index >= 15 is 0 Å². The number of halogens is 1. The molecule has 0 saturated carbocycles. The first-order chi connectivity index (χ1) is 12.8. The van der Waals surface area contributed by atoms with E-state index in [0.717, 1.165) is 47.4 Å². The van der Waals surface area contributed by atoms with Gasteiger partial charge < -0.3 is 4.90 Å². The number of fused-ring (bicyclic) bond motifs is 2. The molecule has 0 unspecified atom stereocenters. The number of anilines is 1. The van der Waals surface area contributed by atoms with E-state index < -0.39 is 0 Å². The third-order valence-corrected chi connectivity index (χ3v) is 5.72. The maximum Gasteiger partial charge on any atom is 0.160 e. The number of nitrogens with zero attached hydrogens (tertiary/aromatic N) is 5. The average Bonchev–Trinajstić information content (AvgIpc) is 3.11. The predicted octanol–water partition coefficient (Wildman–Crippen LogP) is 4.42. The molecular weight excluding hydrogens is 390 g/mol. The summed E-state index contributed by atoms with van der Waals surface area (Å²) in [5.41, 5.74) is 3.23. The first-order valence-corrected chi connectivity index (χ1v) is 9.68. The van der Waals surface area contributed by atoms with E-state index in [2.05, 4.69) is 70.9 Å². The summed E-state index contributed by atoms with van der Waals surface area (Å²) in [4.78, 5) is 6.98. The summed E-state index contributed by atoms with van der Waals surface area (Å²) in [6.45, 7) is 2.03. The van der Waals surface area contributed by atoms with Gasteiger partial charge in [0.25, 0.3) is 0 Å². The Morgan fingerprint density at radius 3 is 2.77 bits per heavy atom. The van der Waals surface area contributed by atoms with Crippen molar-refractivity contribution in [3.63, 3.8) is 0 Å². The summed E-state index contributed by atoms with van der Waals surface area (Å²) in [7, 11) is 0. The largest absolute Gasteiger partial charge is 0.371 e. The van der Waals surface area contributed by atoms with Gasteiger partial charge in [-0.25, -0.2) is 0 Å². The van der Waals surface area contributed by atoms with Crippen LogP contribution < -0.4 is 4.90 Å². The molecule has 0 aliphatic carbocycles. The van der Waals surface area contributed by atoms with Gasteiger partial charge in [0.05, 0.1) is 5.52 Å². The standard InChI is InChI=1S/C20H18BrN5/c21-15-4-5-16-17(13-15)22-9-6-18(16)25-11-7-14(8-12-25)20-24-23-19-3-1-2-10-26(19)20/h1-6,9-10,13-14H,7-8,11-12H2. The number of hydrogen-bond donors (Lipinski definition) is 0. The summed E-state index contributed by atoms with van der Waals surface area (Å²) in [5.74, 6) is 1.54. The molecule has 0 radical (unpaired) electrons. The molecule has 0 spiro atoms. The number of benzene rings is 1. The van der Waals surface area contributed by atoms with E-state index in [0.29, 0.717) is 5.92 Å². The summed E-state index contributed by atoms with van der Waals surface area (Å²) in [6, 6.07) is 14.5. The summed E-state index contributed by atoms with van der Waals surface area (Å²) in [5, 5.41) is 9.97. The van der Waals surface area contributed by atoms with Crippen LogP contribution in [0.25, 0.3) is 16.6 Å². The second-order valence-corrected chi connectivity index (χ2v) is 7.66. The molecule has 4 heterocycles. The second kappa shape index (κ2) is 6.36. The van der Waals surface area contributed by atoms with Crippen LogP contribution in [0.2, 0.25) is 0 Å². The quantitative estimate of drug-likeness (QED) is 0.493.